The predicted octanol–water partition coefficient (Wildman–Crippen LogP) is 4.17. The van der Waals surface area contributed by atoms with Gasteiger partial charge in [0.05, 0.1) is 21.6 Å². The minimum absolute atomic E-state index is 0.0149. The monoisotopic (exact) mass is 457 g/mol. The first kappa shape index (κ1) is 22.8. The van der Waals surface area contributed by atoms with Gasteiger partial charge in [0.1, 0.15) is 0 Å². The highest BCUT2D eigenvalue weighted by atomic mass is 35.5. The van der Waals surface area contributed by atoms with Crippen molar-refractivity contribution in [3.8, 4) is 0 Å². The lowest BCUT2D eigenvalue weighted by atomic mass is 10.1. The van der Waals surface area contributed by atoms with Crippen LogP contribution in [-0.4, -0.2) is 39.9 Å². The molecule has 0 heterocycles. The van der Waals surface area contributed by atoms with Crippen LogP contribution >= 0.6 is 11.6 Å². The fourth-order valence-electron chi connectivity index (χ4n) is 3.12. The molecule has 0 saturated carbocycles. The zero-order valence-electron chi connectivity index (χ0n) is 17.2. The summed E-state index contributed by atoms with van der Waals surface area (Å²) < 4.78 is 28.0. The molecule has 0 unspecified atom stereocenters. The van der Waals surface area contributed by atoms with Crippen LogP contribution in [0.15, 0.2) is 83.8 Å². The van der Waals surface area contributed by atoms with Crippen LogP contribution in [0.2, 0.25) is 5.02 Å². The van der Waals surface area contributed by atoms with Crippen molar-refractivity contribution in [1.29, 1.82) is 0 Å². The minimum atomic E-state index is -3.90. The summed E-state index contributed by atoms with van der Waals surface area (Å²) in [5.41, 5.74) is 1.61. The molecular weight excluding hydrogens is 434 g/mol. The van der Waals surface area contributed by atoms with Gasteiger partial charge in [-0.25, -0.2) is 8.42 Å². The first-order chi connectivity index (χ1) is 14.8. The number of rotatable bonds is 8. The normalized spacial score (nSPS) is 12.4. The number of para-hydroxylation sites is 1. The molecule has 0 aromatic heterocycles. The van der Waals surface area contributed by atoms with Crippen molar-refractivity contribution in [1.82, 2.24) is 10.2 Å². The highest BCUT2D eigenvalue weighted by molar-refractivity contribution is 7.92. The molecule has 3 aromatic carbocycles. The molecule has 3 aromatic rings. The molecule has 0 spiro atoms. The van der Waals surface area contributed by atoms with Gasteiger partial charge in [-0.05, 0) is 50.0 Å². The number of nitrogens with one attached hydrogen (secondary N) is 2. The molecule has 31 heavy (non-hydrogen) atoms. The zero-order valence-corrected chi connectivity index (χ0v) is 18.8. The highest BCUT2D eigenvalue weighted by Gasteiger charge is 2.19. The second-order valence-electron chi connectivity index (χ2n) is 7.21. The molecule has 8 heteroatoms. The van der Waals surface area contributed by atoms with Crippen LogP contribution in [0, 0.1) is 0 Å². The van der Waals surface area contributed by atoms with E-state index in [2.05, 4.69) is 10.0 Å². The Morgan fingerprint density at radius 2 is 1.65 bits per heavy atom. The van der Waals surface area contributed by atoms with Crippen molar-refractivity contribution in [2.75, 3.05) is 25.4 Å². The Balaban J connectivity index is 1.74. The van der Waals surface area contributed by atoms with E-state index in [1.807, 2.05) is 49.3 Å². The maximum Gasteiger partial charge on any atom is 0.261 e. The van der Waals surface area contributed by atoms with Crippen LogP contribution in [0.3, 0.4) is 0 Å². The van der Waals surface area contributed by atoms with Crippen LogP contribution in [0.25, 0.3) is 0 Å². The first-order valence-electron chi connectivity index (χ1n) is 9.65. The first-order valence-corrected chi connectivity index (χ1v) is 11.5. The summed E-state index contributed by atoms with van der Waals surface area (Å²) in [4.78, 5) is 14.7. The minimum Gasteiger partial charge on any atom is -0.350 e. The zero-order chi connectivity index (χ0) is 22.4. The Bertz CT molecular complexity index is 1150. The lowest BCUT2D eigenvalue weighted by molar-refractivity contribution is 0.0941. The number of sulfonamides is 1. The molecule has 0 saturated heterocycles. The van der Waals surface area contributed by atoms with E-state index in [0.717, 1.165) is 5.56 Å². The van der Waals surface area contributed by atoms with Gasteiger partial charge in [0.2, 0.25) is 0 Å². The third-order valence-electron chi connectivity index (χ3n) is 4.79. The number of carbonyl (C=O) groups is 1. The summed E-state index contributed by atoms with van der Waals surface area (Å²) in [5, 5.41) is 3.19. The number of hydrogen-bond acceptors (Lipinski definition) is 4. The number of amides is 1. The van der Waals surface area contributed by atoms with Gasteiger partial charge in [0.25, 0.3) is 15.9 Å². The number of halogens is 1. The van der Waals surface area contributed by atoms with Gasteiger partial charge >= 0.3 is 0 Å². The standard InChI is InChI=1S/C23H24ClN3O3S/c1-27(2)22(17-9-4-3-5-10-17)16-25-23(28)18-11-8-12-19(15-18)31(29,30)26-21-14-7-6-13-20(21)24/h3-15,22,26H,16H2,1-2H3,(H,25,28)/t22-/m0/s1. The van der Waals surface area contributed by atoms with Crippen LogP contribution in [0.5, 0.6) is 0 Å². The molecule has 0 bridgehead atoms. The van der Waals surface area contributed by atoms with Crippen LogP contribution in [0.1, 0.15) is 22.0 Å². The van der Waals surface area contributed by atoms with E-state index in [9.17, 15) is 13.2 Å². The lowest BCUT2D eigenvalue weighted by Crippen LogP contribution is -2.34. The van der Waals surface area contributed by atoms with Crippen molar-refractivity contribution in [3.63, 3.8) is 0 Å². The van der Waals surface area contributed by atoms with Gasteiger partial charge in [0.15, 0.2) is 0 Å². The molecule has 2 N–H and O–H groups in total. The summed E-state index contributed by atoms with van der Waals surface area (Å²) in [6, 6.07) is 22.3. The number of nitrogens with zero attached hydrogens (tertiary/aromatic N) is 1. The second-order valence-corrected chi connectivity index (χ2v) is 9.30. The fraction of sp³-hybridized carbons (Fsp3) is 0.174. The molecule has 1 atom stereocenters. The van der Waals surface area contributed by atoms with Crippen molar-refractivity contribution in [3.05, 3.63) is 95.0 Å². The summed E-state index contributed by atoms with van der Waals surface area (Å²) >= 11 is 6.05. The van der Waals surface area contributed by atoms with Crippen molar-refractivity contribution in [2.45, 2.75) is 10.9 Å². The summed E-state index contributed by atoms with van der Waals surface area (Å²) in [7, 11) is -0.0185. The molecule has 0 aliphatic carbocycles. The van der Waals surface area contributed by atoms with Gasteiger partial charge in [0, 0.05) is 12.1 Å². The Morgan fingerprint density at radius 1 is 0.968 bits per heavy atom. The Morgan fingerprint density at radius 3 is 2.32 bits per heavy atom. The summed E-state index contributed by atoms with van der Waals surface area (Å²) in [6.45, 7) is 0.380. The van der Waals surface area contributed by atoms with E-state index in [1.165, 1.54) is 18.2 Å². The molecule has 0 fully saturated rings. The van der Waals surface area contributed by atoms with Gasteiger partial charge in [-0.3, -0.25) is 9.52 Å². The van der Waals surface area contributed by atoms with Crippen molar-refractivity contribution < 1.29 is 13.2 Å². The Labute approximate surface area is 187 Å². The average molecular weight is 458 g/mol. The van der Waals surface area contributed by atoms with Crippen LogP contribution in [0.4, 0.5) is 5.69 Å². The topological polar surface area (TPSA) is 78.5 Å². The SMILES string of the molecule is CN(C)[C@@H](CNC(=O)c1cccc(S(=O)(=O)Nc2ccccc2Cl)c1)c1ccccc1. The molecule has 1 amide bonds. The predicted molar refractivity (Wildman–Crippen MR) is 124 cm³/mol. The number of anilines is 1. The third-order valence-corrected chi connectivity index (χ3v) is 6.48. The maximum absolute atomic E-state index is 12.8. The van der Waals surface area contributed by atoms with Crippen molar-refractivity contribution >= 4 is 33.2 Å². The van der Waals surface area contributed by atoms with E-state index in [0.29, 0.717) is 6.54 Å². The van der Waals surface area contributed by atoms with E-state index in [-0.39, 0.29) is 33.1 Å². The molecule has 0 radical (unpaired) electrons. The quantitative estimate of drug-likeness (QED) is 0.532. The van der Waals surface area contributed by atoms with Crippen molar-refractivity contribution in [2.24, 2.45) is 0 Å². The molecular formula is C23H24ClN3O3S. The number of carbonyl (C=O) groups excluding carboxylic acids is 1. The molecule has 6 nitrogen and oxygen atoms in total. The van der Waals surface area contributed by atoms with E-state index < -0.39 is 10.0 Å². The second kappa shape index (κ2) is 9.96. The molecule has 162 valence electrons. The number of benzene rings is 3. The molecule has 3 rings (SSSR count). The van der Waals surface area contributed by atoms with Gasteiger partial charge in [-0.1, -0.05) is 60.1 Å². The number of likely N-dealkylation sites (N-methyl/N-ethyl adjacent to an activating group) is 1. The van der Waals surface area contributed by atoms with Crippen LogP contribution < -0.4 is 10.0 Å². The summed E-state index contributed by atoms with van der Waals surface area (Å²) in [6.07, 6.45) is 0. The van der Waals surface area contributed by atoms with Gasteiger partial charge in [-0.15, -0.1) is 0 Å². The Kier molecular flexibility index (Phi) is 7.33. The lowest BCUT2D eigenvalue weighted by Gasteiger charge is -2.25. The van der Waals surface area contributed by atoms with E-state index >= 15 is 0 Å². The smallest absolute Gasteiger partial charge is 0.261 e. The number of hydrogen-bond donors (Lipinski definition) is 2. The Hall–Kier alpha value is -2.87. The highest BCUT2D eigenvalue weighted by Crippen LogP contribution is 2.24. The largest absolute Gasteiger partial charge is 0.350 e. The van der Waals surface area contributed by atoms with E-state index in [1.54, 1.807) is 30.3 Å². The van der Waals surface area contributed by atoms with Crippen LogP contribution in [-0.2, 0) is 10.0 Å². The molecule has 0 aliphatic heterocycles. The average Bonchev–Trinajstić information content (AvgIpc) is 2.76. The fourth-order valence-corrected chi connectivity index (χ4v) is 4.48. The van der Waals surface area contributed by atoms with Gasteiger partial charge in [-0.2, -0.15) is 0 Å². The maximum atomic E-state index is 12.8. The third kappa shape index (κ3) is 5.85. The molecule has 0 aliphatic rings. The van der Waals surface area contributed by atoms with Gasteiger partial charge < -0.3 is 10.2 Å². The summed E-state index contributed by atoms with van der Waals surface area (Å²) in [5.74, 6) is -0.349. The van der Waals surface area contributed by atoms with E-state index in [4.69, 9.17) is 11.6 Å².